The van der Waals surface area contributed by atoms with Crippen molar-refractivity contribution in [3.05, 3.63) is 11.1 Å². The van der Waals surface area contributed by atoms with Crippen LogP contribution in [-0.4, -0.2) is 40.8 Å². The summed E-state index contributed by atoms with van der Waals surface area (Å²) in [5, 5.41) is 5.14. The second kappa shape index (κ2) is 7.19. The molecule has 0 bridgehead atoms. The summed E-state index contributed by atoms with van der Waals surface area (Å²) in [6.45, 7) is 7.07. The molecule has 0 aromatic carbocycles. The van der Waals surface area contributed by atoms with E-state index in [4.69, 9.17) is 5.73 Å². The molecule has 1 aromatic heterocycles. The third-order valence-electron chi connectivity index (χ3n) is 3.95. The second-order valence-electron chi connectivity index (χ2n) is 6.20. The fourth-order valence-electron chi connectivity index (χ4n) is 2.61. The number of rotatable bonds is 5. The summed E-state index contributed by atoms with van der Waals surface area (Å²) in [5.74, 6) is 0.324. The number of carbonyl (C=O) groups is 2. The maximum Gasteiger partial charge on any atom is 0.228 e. The van der Waals surface area contributed by atoms with E-state index in [9.17, 15) is 9.59 Å². The molecule has 0 aliphatic carbocycles. The van der Waals surface area contributed by atoms with Crippen molar-refractivity contribution in [1.82, 2.24) is 9.88 Å². The number of nitrogens with two attached hydrogens (primary N) is 1. The Bertz CT molecular complexity index is 543. The molecule has 122 valence electrons. The van der Waals surface area contributed by atoms with Crippen molar-refractivity contribution < 1.29 is 9.59 Å². The molecule has 2 unspecified atom stereocenters. The molecule has 1 aliphatic heterocycles. The number of amides is 2. The van der Waals surface area contributed by atoms with Crippen LogP contribution in [0.5, 0.6) is 0 Å². The van der Waals surface area contributed by atoms with Crippen molar-refractivity contribution in [3.8, 4) is 0 Å². The van der Waals surface area contributed by atoms with Crippen molar-refractivity contribution in [2.45, 2.75) is 39.7 Å². The lowest BCUT2D eigenvalue weighted by Crippen LogP contribution is -2.35. The van der Waals surface area contributed by atoms with Gasteiger partial charge in [0.05, 0.1) is 12.1 Å². The molecule has 0 spiro atoms. The van der Waals surface area contributed by atoms with Crippen LogP contribution < -0.4 is 11.1 Å². The molecule has 0 radical (unpaired) electrons. The van der Waals surface area contributed by atoms with Gasteiger partial charge in [0.25, 0.3) is 0 Å². The standard InChI is InChI=1S/C15H24N4O2S/c1-9(2)14(21)18-15-17-12(8-22-15)5-13(20)19-7-11(6-16)4-10(19)3/h8-11H,4-7,16H2,1-3H3,(H,17,18,21). The summed E-state index contributed by atoms with van der Waals surface area (Å²) in [7, 11) is 0. The predicted molar refractivity (Wildman–Crippen MR) is 87.6 cm³/mol. The summed E-state index contributed by atoms with van der Waals surface area (Å²) in [6.07, 6.45) is 1.24. The molecule has 1 aliphatic rings. The summed E-state index contributed by atoms with van der Waals surface area (Å²) in [4.78, 5) is 30.2. The first-order chi connectivity index (χ1) is 10.4. The van der Waals surface area contributed by atoms with Crippen molar-refractivity contribution >= 4 is 28.3 Å². The monoisotopic (exact) mass is 324 g/mol. The van der Waals surface area contributed by atoms with Crippen LogP contribution in [0, 0.1) is 11.8 Å². The molecular formula is C15H24N4O2S. The van der Waals surface area contributed by atoms with Crippen LogP contribution in [0.15, 0.2) is 5.38 Å². The predicted octanol–water partition coefficient (Wildman–Crippen LogP) is 1.48. The van der Waals surface area contributed by atoms with E-state index in [2.05, 4.69) is 17.2 Å². The van der Waals surface area contributed by atoms with Crippen LogP contribution in [0.3, 0.4) is 0 Å². The smallest absolute Gasteiger partial charge is 0.228 e. The van der Waals surface area contributed by atoms with Gasteiger partial charge in [-0.3, -0.25) is 9.59 Å². The highest BCUT2D eigenvalue weighted by Crippen LogP contribution is 2.24. The fourth-order valence-corrected chi connectivity index (χ4v) is 3.33. The maximum absolute atomic E-state index is 12.4. The summed E-state index contributed by atoms with van der Waals surface area (Å²) < 4.78 is 0. The molecule has 2 rings (SSSR count). The van der Waals surface area contributed by atoms with Gasteiger partial charge in [0, 0.05) is 23.9 Å². The van der Waals surface area contributed by atoms with Gasteiger partial charge in [-0.05, 0) is 25.8 Å². The van der Waals surface area contributed by atoms with Gasteiger partial charge in [-0.15, -0.1) is 11.3 Å². The SMILES string of the molecule is CC(C)C(=O)Nc1nc(CC(=O)N2CC(CN)CC2C)cs1. The molecule has 1 saturated heterocycles. The highest BCUT2D eigenvalue weighted by molar-refractivity contribution is 7.13. The summed E-state index contributed by atoms with van der Waals surface area (Å²) in [5.41, 5.74) is 6.40. The van der Waals surface area contributed by atoms with Crippen molar-refractivity contribution in [2.75, 3.05) is 18.4 Å². The van der Waals surface area contributed by atoms with E-state index in [0.717, 1.165) is 13.0 Å². The number of hydrogen-bond donors (Lipinski definition) is 2. The molecule has 22 heavy (non-hydrogen) atoms. The van der Waals surface area contributed by atoms with Gasteiger partial charge in [-0.2, -0.15) is 0 Å². The maximum atomic E-state index is 12.4. The first-order valence-corrected chi connectivity index (χ1v) is 8.53. The van der Waals surface area contributed by atoms with Gasteiger partial charge in [-0.1, -0.05) is 13.8 Å². The second-order valence-corrected chi connectivity index (χ2v) is 7.06. The Morgan fingerprint density at radius 3 is 2.86 bits per heavy atom. The lowest BCUT2D eigenvalue weighted by molar-refractivity contribution is -0.131. The Balaban J connectivity index is 1.92. The fraction of sp³-hybridized carbons (Fsp3) is 0.667. The van der Waals surface area contributed by atoms with Gasteiger partial charge in [0.1, 0.15) is 0 Å². The molecule has 0 saturated carbocycles. The van der Waals surface area contributed by atoms with Gasteiger partial charge < -0.3 is 16.0 Å². The number of likely N-dealkylation sites (tertiary alicyclic amines) is 1. The highest BCUT2D eigenvalue weighted by Gasteiger charge is 2.31. The Hall–Kier alpha value is -1.47. The van der Waals surface area contributed by atoms with Gasteiger partial charge in [0.2, 0.25) is 11.8 Å². The normalized spacial score (nSPS) is 21.4. The van der Waals surface area contributed by atoms with E-state index < -0.39 is 0 Å². The van der Waals surface area contributed by atoms with E-state index in [1.165, 1.54) is 11.3 Å². The Kier molecular flexibility index (Phi) is 5.52. The minimum atomic E-state index is -0.0902. The molecule has 2 heterocycles. The molecular weight excluding hydrogens is 300 g/mol. The third kappa shape index (κ3) is 4.04. The number of hydrogen-bond acceptors (Lipinski definition) is 5. The number of carbonyl (C=O) groups excluding carboxylic acids is 2. The van der Waals surface area contributed by atoms with E-state index in [1.807, 2.05) is 24.1 Å². The molecule has 3 N–H and O–H groups in total. The van der Waals surface area contributed by atoms with Crippen LogP contribution in [0.2, 0.25) is 0 Å². The Labute approximate surface area is 135 Å². The average Bonchev–Trinajstić information content (AvgIpc) is 3.05. The summed E-state index contributed by atoms with van der Waals surface area (Å²) >= 11 is 1.35. The van der Waals surface area contributed by atoms with Gasteiger partial charge in [-0.25, -0.2) is 4.98 Å². The minimum Gasteiger partial charge on any atom is -0.339 e. The Morgan fingerprint density at radius 1 is 1.55 bits per heavy atom. The van der Waals surface area contributed by atoms with E-state index in [0.29, 0.717) is 23.3 Å². The number of thiazole rings is 1. The van der Waals surface area contributed by atoms with E-state index in [-0.39, 0.29) is 30.2 Å². The van der Waals surface area contributed by atoms with Crippen LogP contribution in [0.1, 0.15) is 32.9 Å². The molecule has 1 fully saturated rings. The van der Waals surface area contributed by atoms with Crippen molar-refractivity contribution in [2.24, 2.45) is 17.6 Å². The number of nitrogens with one attached hydrogen (secondary N) is 1. The van der Waals surface area contributed by atoms with Crippen LogP contribution in [0.4, 0.5) is 5.13 Å². The quantitative estimate of drug-likeness (QED) is 0.858. The largest absolute Gasteiger partial charge is 0.339 e. The zero-order chi connectivity index (χ0) is 16.3. The average molecular weight is 324 g/mol. The first kappa shape index (κ1) is 16.9. The number of aromatic nitrogens is 1. The Morgan fingerprint density at radius 2 is 2.27 bits per heavy atom. The van der Waals surface area contributed by atoms with Crippen LogP contribution in [-0.2, 0) is 16.0 Å². The molecule has 2 amide bonds. The van der Waals surface area contributed by atoms with Gasteiger partial charge in [0.15, 0.2) is 5.13 Å². The lowest BCUT2D eigenvalue weighted by Gasteiger charge is -2.21. The first-order valence-electron chi connectivity index (χ1n) is 7.65. The topological polar surface area (TPSA) is 88.3 Å². The zero-order valence-corrected chi connectivity index (χ0v) is 14.2. The number of anilines is 1. The molecule has 6 nitrogen and oxygen atoms in total. The lowest BCUT2D eigenvalue weighted by atomic mass is 10.1. The van der Waals surface area contributed by atoms with Crippen LogP contribution >= 0.6 is 11.3 Å². The van der Waals surface area contributed by atoms with E-state index >= 15 is 0 Å². The molecule has 7 heteroatoms. The van der Waals surface area contributed by atoms with Gasteiger partial charge >= 0.3 is 0 Å². The molecule has 2 atom stereocenters. The number of nitrogens with zero attached hydrogens (tertiary/aromatic N) is 2. The minimum absolute atomic E-state index is 0.0637. The van der Waals surface area contributed by atoms with E-state index in [1.54, 1.807) is 0 Å². The third-order valence-corrected chi connectivity index (χ3v) is 4.76. The molecule has 1 aromatic rings. The zero-order valence-electron chi connectivity index (χ0n) is 13.3. The highest BCUT2D eigenvalue weighted by atomic mass is 32.1. The van der Waals surface area contributed by atoms with Crippen LogP contribution in [0.25, 0.3) is 0 Å². The van der Waals surface area contributed by atoms with Crippen molar-refractivity contribution in [1.29, 1.82) is 0 Å². The van der Waals surface area contributed by atoms with Crippen molar-refractivity contribution in [3.63, 3.8) is 0 Å². The summed E-state index contributed by atoms with van der Waals surface area (Å²) in [6, 6.07) is 0.236.